The van der Waals surface area contributed by atoms with Crippen LogP contribution in [0.2, 0.25) is 18.1 Å². The number of nitrogens with one attached hydrogen (secondary N) is 1. The summed E-state index contributed by atoms with van der Waals surface area (Å²) in [4.78, 5) is 27.0. The molecule has 0 bridgehead atoms. The number of nitrogens with zero attached hydrogens (tertiary/aromatic N) is 1. The summed E-state index contributed by atoms with van der Waals surface area (Å²) in [6, 6.07) is 9.73. The number of carbonyl (C=O) groups is 2. The van der Waals surface area contributed by atoms with E-state index in [2.05, 4.69) is 39.2 Å². The lowest BCUT2D eigenvalue weighted by molar-refractivity contribution is 0.00249. The van der Waals surface area contributed by atoms with Crippen LogP contribution in [0.5, 0.6) is 0 Å². The van der Waals surface area contributed by atoms with Crippen molar-refractivity contribution < 1.29 is 23.5 Å². The van der Waals surface area contributed by atoms with Gasteiger partial charge >= 0.3 is 12.2 Å². The maximum Gasteiger partial charge on any atom is 0.410 e. The minimum Gasteiger partial charge on any atom is -0.444 e. The molecule has 0 aromatic heterocycles. The minimum absolute atomic E-state index is 0.124. The molecule has 210 valence electrons. The van der Waals surface area contributed by atoms with E-state index in [1.165, 1.54) is 4.90 Å². The van der Waals surface area contributed by atoms with E-state index in [0.29, 0.717) is 13.0 Å². The van der Waals surface area contributed by atoms with Gasteiger partial charge in [-0.25, -0.2) is 9.59 Å². The third kappa shape index (κ3) is 10.7. The summed E-state index contributed by atoms with van der Waals surface area (Å²) in [7, 11) is -0.257. The van der Waals surface area contributed by atoms with E-state index in [9.17, 15) is 9.59 Å². The Hall–Kier alpha value is -2.06. The highest BCUT2D eigenvalue weighted by molar-refractivity contribution is 6.74. The third-order valence-electron chi connectivity index (χ3n) is 7.39. The first kappa shape index (κ1) is 31.2. The average Bonchev–Trinajstić information content (AvgIpc) is 2.77. The molecule has 1 fully saturated rings. The Bertz CT molecular complexity index is 863. The SMILES string of the molecule is CN(CC(C[C@H]1CCCC[C@H]1O[Si](C)(C)C(C)(C)C)OC(=O)NCc1ccccc1)C(=O)OC(C)(C)C. The maximum atomic E-state index is 12.8. The Morgan fingerprint density at radius 3 is 2.27 bits per heavy atom. The van der Waals surface area contributed by atoms with Crippen molar-refractivity contribution in [3.05, 3.63) is 35.9 Å². The molecule has 7 nitrogen and oxygen atoms in total. The molecule has 0 heterocycles. The number of amides is 2. The number of carbonyl (C=O) groups excluding carboxylic acids is 2. The second-order valence-electron chi connectivity index (χ2n) is 12.9. The van der Waals surface area contributed by atoms with Crippen LogP contribution in [-0.2, 0) is 20.4 Å². The molecule has 2 amide bonds. The lowest BCUT2D eigenvalue weighted by Gasteiger charge is -2.43. The van der Waals surface area contributed by atoms with Crippen molar-refractivity contribution in [3.63, 3.8) is 0 Å². The Labute approximate surface area is 225 Å². The van der Waals surface area contributed by atoms with Gasteiger partial charge in [-0.3, -0.25) is 0 Å². The first-order valence-electron chi connectivity index (χ1n) is 13.7. The molecule has 8 heteroatoms. The molecular weight excluding hydrogens is 484 g/mol. The predicted molar refractivity (Wildman–Crippen MR) is 151 cm³/mol. The lowest BCUT2D eigenvalue weighted by Crippen LogP contribution is -2.48. The van der Waals surface area contributed by atoms with Gasteiger partial charge in [0.2, 0.25) is 0 Å². The van der Waals surface area contributed by atoms with Gasteiger partial charge in [0.15, 0.2) is 8.32 Å². The van der Waals surface area contributed by atoms with Crippen molar-refractivity contribution in [2.75, 3.05) is 13.6 Å². The van der Waals surface area contributed by atoms with Crippen LogP contribution in [0.3, 0.4) is 0 Å². The summed E-state index contributed by atoms with van der Waals surface area (Å²) in [5, 5.41) is 2.98. The van der Waals surface area contributed by atoms with Crippen LogP contribution in [0.1, 0.15) is 79.2 Å². The van der Waals surface area contributed by atoms with E-state index in [1.807, 2.05) is 51.1 Å². The monoisotopic (exact) mass is 534 g/mol. The predicted octanol–water partition coefficient (Wildman–Crippen LogP) is 7.12. The molecular formula is C29H50N2O5Si. The molecule has 1 N–H and O–H groups in total. The van der Waals surface area contributed by atoms with Gasteiger partial charge in [0.1, 0.15) is 11.7 Å². The highest BCUT2D eigenvalue weighted by atomic mass is 28.4. The van der Waals surface area contributed by atoms with Gasteiger partial charge in [-0.15, -0.1) is 0 Å². The van der Waals surface area contributed by atoms with Gasteiger partial charge in [0.05, 0.1) is 6.54 Å². The fraction of sp³-hybridized carbons (Fsp3) is 0.724. The fourth-order valence-electron chi connectivity index (χ4n) is 4.33. The van der Waals surface area contributed by atoms with E-state index in [0.717, 1.165) is 31.2 Å². The van der Waals surface area contributed by atoms with E-state index >= 15 is 0 Å². The van der Waals surface area contributed by atoms with Crippen LogP contribution in [0.4, 0.5) is 9.59 Å². The molecule has 1 aliphatic rings. The minimum atomic E-state index is -1.95. The molecule has 0 saturated heterocycles. The molecule has 1 unspecified atom stereocenters. The summed E-state index contributed by atoms with van der Waals surface area (Å²) in [5.74, 6) is 0.266. The summed E-state index contributed by atoms with van der Waals surface area (Å²) in [5.41, 5.74) is 0.400. The van der Waals surface area contributed by atoms with Crippen molar-refractivity contribution in [1.82, 2.24) is 10.2 Å². The van der Waals surface area contributed by atoms with Gasteiger partial charge in [0.25, 0.3) is 0 Å². The maximum absolute atomic E-state index is 12.8. The van der Waals surface area contributed by atoms with Crippen LogP contribution in [0, 0.1) is 5.92 Å². The van der Waals surface area contributed by atoms with Crippen LogP contribution in [-0.4, -0.2) is 56.8 Å². The van der Waals surface area contributed by atoms with Gasteiger partial charge < -0.3 is 24.1 Å². The van der Waals surface area contributed by atoms with Crippen LogP contribution in [0.15, 0.2) is 30.3 Å². The van der Waals surface area contributed by atoms with Gasteiger partial charge in [-0.1, -0.05) is 63.9 Å². The topological polar surface area (TPSA) is 77.1 Å². The average molecular weight is 535 g/mol. The zero-order valence-electron chi connectivity index (χ0n) is 24.6. The number of rotatable bonds is 9. The van der Waals surface area contributed by atoms with Crippen molar-refractivity contribution in [2.45, 2.75) is 116 Å². The molecule has 1 aromatic carbocycles. The second-order valence-corrected chi connectivity index (χ2v) is 17.7. The lowest BCUT2D eigenvalue weighted by atomic mass is 9.83. The quantitative estimate of drug-likeness (QED) is 0.341. The Morgan fingerprint density at radius 2 is 1.68 bits per heavy atom. The molecule has 0 aliphatic heterocycles. The molecule has 2 rings (SSSR count). The molecule has 1 aliphatic carbocycles. The number of ether oxygens (including phenoxy) is 2. The molecule has 1 saturated carbocycles. The fourth-order valence-corrected chi connectivity index (χ4v) is 5.75. The number of likely N-dealkylation sites (N-methyl/N-ethyl adjacent to an activating group) is 1. The highest BCUT2D eigenvalue weighted by Crippen LogP contribution is 2.41. The van der Waals surface area contributed by atoms with E-state index in [4.69, 9.17) is 13.9 Å². The van der Waals surface area contributed by atoms with Crippen LogP contribution >= 0.6 is 0 Å². The van der Waals surface area contributed by atoms with E-state index in [-0.39, 0.29) is 23.6 Å². The largest absolute Gasteiger partial charge is 0.444 e. The summed E-state index contributed by atoms with van der Waals surface area (Å²) in [6.45, 7) is 17.5. The number of alkyl carbamates (subject to hydrolysis) is 1. The van der Waals surface area contributed by atoms with Crippen LogP contribution < -0.4 is 5.32 Å². The molecule has 0 spiro atoms. The van der Waals surface area contributed by atoms with Gasteiger partial charge in [0, 0.05) is 19.7 Å². The van der Waals surface area contributed by atoms with Crippen LogP contribution in [0.25, 0.3) is 0 Å². The Kier molecular flexibility index (Phi) is 11.1. The molecule has 37 heavy (non-hydrogen) atoms. The Morgan fingerprint density at radius 1 is 1.05 bits per heavy atom. The first-order valence-corrected chi connectivity index (χ1v) is 16.6. The summed E-state index contributed by atoms with van der Waals surface area (Å²) in [6.07, 6.45) is 3.74. The Balaban J connectivity index is 2.13. The van der Waals surface area contributed by atoms with Gasteiger partial charge in [-0.2, -0.15) is 0 Å². The second kappa shape index (κ2) is 13.1. The zero-order valence-corrected chi connectivity index (χ0v) is 25.6. The molecule has 0 radical (unpaired) electrons. The summed E-state index contributed by atoms with van der Waals surface area (Å²) < 4.78 is 18.3. The van der Waals surface area contributed by atoms with Crippen molar-refractivity contribution in [1.29, 1.82) is 0 Å². The van der Waals surface area contributed by atoms with Gasteiger partial charge in [-0.05, 0) is 69.6 Å². The highest BCUT2D eigenvalue weighted by Gasteiger charge is 2.42. The standard InChI is InChI=1S/C29H50N2O5Si/c1-28(2,3)35-27(33)31(7)21-24(34-26(32)30-20-22-15-11-10-12-16-22)19-23-17-13-14-18-25(23)36-37(8,9)29(4,5)6/h10-12,15-16,23-25H,13-14,17-21H2,1-9H3,(H,30,32)/t23-,24?,25-/m1/s1. The molecule has 3 atom stereocenters. The smallest absolute Gasteiger partial charge is 0.410 e. The van der Waals surface area contributed by atoms with Crippen molar-refractivity contribution in [3.8, 4) is 0 Å². The number of hydrogen-bond acceptors (Lipinski definition) is 5. The number of benzene rings is 1. The zero-order chi connectivity index (χ0) is 27.9. The molecule has 1 aromatic rings. The third-order valence-corrected chi connectivity index (χ3v) is 11.9. The van der Waals surface area contributed by atoms with E-state index < -0.39 is 32.2 Å². The van der Waals surface area contributed by atoms with Crippen molar-refractivity contribution in [2.24, 2.45) is 5.92 Å². The first-order chi connectivity index (χ1) is 17.1. The van der Waals surface area contributed by atoms with Crippen molar-refractivity contribution >= 4 is 20.5 Å². The normalized spacial score (nSPS) is 19.6. The number of hydrogen-bond donors (Lipinski definition) is 1. The summed E-state index contributed by atoms with van der Waals surface area (Å²) >= 11 is 0. The van der Waals surface area contributed by atoms with E-state index in [1.54, 1.807) is 7.05 Å².